The number of hydrogen-bond donors (Lipinski definition) is 2. The number of pyridine rings is 1. The summed E-state index contributed by atoms with van der Waals surface area (Å²) in [4.78, 5) is 4.49. The molecule has 0 aliphatic carbocycles. The fourth-order valence-electron chi connectivity index (χ4n) is 1.34. The van der Waals surface area contributed by atoms with E-state index in [2.05, 4.69) is 41.6 Å². The van der Waals surface area contributed by atoms with Gasteiger partial charge in [0.05, 0.1) is 0 Å². The number of anilines is 1. The third-order valence-electron chi connectivity index (χ3n) is 2.13. The van der Waals surface area contributed by atoms with Gasteiger partial charge in [0.1, 0.15) is 5.82 Å². The van der Waals surface area contributed by atoms with Crippen molar-refractivity contribution < 1.29 is 0 Å². The highest BCUT2D eigenvalue weighted by Crippen LogP contribution is 2.17. The fraction of sp³-hybridized carbons (Fsp3) is 0.545. The molecule has 0 atom stereocenters. The predicted molar refractivity (Wildman–Crippen MR) is 60.6 cm³/mol. The maximum Gasteiger partial charge on any atom is 0.126 e. The molecule has 0 radical (unpaired) electrons. The minimum absolute atomic E-state index is 0.471. The molecule has 0 aliphatic rings. The van der Waals surface area contributed by atoms with Crippen molar-refractivity contribution >= 4 is 5.82 Å². The molecule has 0 saturated carbocycles. The van der Waals surface area contributed by atoms with Gasteiger partial charge in [-0.3, -0.25) is 0 Å². The first kappa shape index (κ1) is 11.0. The molecule has 0 aromatic carbocycles. The number of aromatic nitrogens is 1. The van der Waals surface area contributed by atoms with E-state index in [-0.39, 0.29) is 0 Å². The highest BCUT2D eigenvalue weighted by atomic mass is 15.0. The predicted octanol–water partition coefficient (Wildman–Crippen LogP) is 1.97. The van der Waals surface area contributed by atoms with Crippen molar-refractivity contribution in [2.45, 2.75) is 26.3 Å². The van der Waals surface area contributed by atoms with Gasteiger partial charge in [-0.05, 0) is 30.7 Å². The molecule has 1 heterocycles. The fourth-order valence-corrected chi connectivity index (χ4v) is 1.34. The molecule has 1 rings (SSSR count). The van der Waals surface area contributed by atoms with Gasteiger partial charge < -0.3 is 10.6 Å². The molecule has 3 heteroatoms. The maximum atomic E-state index is 4.49. The van der Waals surface area contributed by atoms with Crippen LogP contribution in [0.4, 0.5) is 5.82 Å². The van der Waals surface area contributed by atoms with Gasteiger partial charge in [-0.1, -0.05) is 13.8 Å². The van der Waals surface area contributed by atoms with Gasteiger partial charge in [0.15, 0.2) is 0 Å². The van der Waals surface area contributed by atoms with Crippen LogP contribution in [0.25, 0.3) is 0 Å². The van der Waals surface area contributed by atoms with Crippen LogP contribution in [0, 0.1) is 0 Å². The van der Waals surface area contributed by atoms with Crippen LogP contribution in [0.15, 0.2) is 12.1 Å². The molecular formula is C11H19N3. The second kappa shape index (κ2) is 4.96. The summed E-state index contributed by atoms with van der Waals surface area (Å²) in [5, 5.41) is 6.23. The molecule has 0 fully saturated rings. The Kier molecular flexibility index (Phi) is 3.89. The lowest BCUT2D eigenvalue weighted by atomic mass is 10.1. The normalized spacial score (nSPS) is 10.6. The summed E-state index contributed by atoms with van der Waals surface area (Å²) < 4.78 is 0. The van der Waals surface area contributed by atoms with Gasteiger partial charge in [0, 0.05) is 19.3 Å². The van der Waals surface area contributed by atoms with Crippen LogP contribution < -0.4 is 10.6 Å². The molecule has 14 heavy (non-hydrogen) atoms. The van der Waals surface area contributed by atoms with Gasteiger partial charge >= 0.3 is 0 Å². The first-order chi connectivity index (χ1) is 6.67. The Balaban J connectivity index is 3.00. The van der Waals surface area contributed by atoms with Crippen molar-refractivity contribution in [3.63, 3.8) is 0 Å². The molecule has 1 aromatic rings. The standard InChI is InChI=1S/C11H19N3/c1-8(2)10-5-9(7-12-3)6-11(13-4)14-10/h5-6,8,12H,7H2,1-4H3,(H,13,14). The second-order valence-corrected chi connectivity index (χ2v) is 3.72. The monoisotopic (exact) mass is 193 g/mol. The van der Waals surface area contributed by atoms with E-state index in [1.54, 1.807) is 0 Å². The van der Waals surface area contributed by atoms with Gasteiger partial charge in [0.2, 0.25) is 0 Å². The Morgan fingerprint density at radius 1 is 1.29 bits per heavy atom. The van der Waals surface area contributed by atoms with E-state index in [4.69, 9.17) is 0 Å². The first-order valence-electron chi connectivity index (χ1n) is 5.00. The zero-order chi connectivity index (χ0) is 10.6. The average molecular weight is 193 g/mol. The van der Waals surface area contributed by atoms with E-state index in [9.17, 15) is 0 Å². The smallest absolute Gasteiger partial charge is 0.126 e. The molecule has 0 unspecified atom stereocenters. The van der Waals surface area contributed by atoms with E-state index in [1.165, 1.54) is 5.56 Å². The van der Waals surface area contributed by atoms with E-state index in [0.717, 1.165) is 18.1 Å². The van der Waals surface area contributed by atoms with Crippen LogP contribution >= 0.6 is 0 Å². The topological polar surface area (TPSA) is 37.0 Å². The Hall–Kier alpha value is -1.09. The molecule has 0 saturated heterocycles. The SMILES string of the molecule is CNCc1cc(NC)nc(C(C)C)c1. The second-order valence-electron chi connectivity index (χ2n) is 3.72. The molecule has 0 spiro atoms. The van der Waals surface area contributed by atoms with Crippen molar-refractivity contribution in [1.29, 1.82) is 0 Å². The van der Waals surface area contributed by atoms with Gasteiger partial charge in [-0.25, -0.2) is 4.98 Å². The third-order valence-corrected chi connectivity index (χ3v) is 2.13. The summed E-state index contributed by atoms with van der Waals surface area (Å²) in [5.74, 6) is 1.42. The number of hydrogen-bond acceptors (Lipinski definition) is 3. The number of nitrogens with zero attached hydrogens (tertiary/aromatic N) is 1. The van der Waals surface area contributed by atoms with Gasteiger partial charge in [-0.15, -0.1) is 0 Å². The van der Waals surface area contributed by atoms with Crippen molar-refractivity contribution in [2.75, 3.05) is 19.4 Å². The van der Waals surface area contributed by atoms with E-state index >= 15 is 0 Å². The lowest BCUT2D eigenvalue weighted by Crippen LogP contribution is -2.08. The van der Waals surface area contributed by atoms with Crippen LogP contribution in [0.2, 0.25) is 0 Å². The van der Waals surface area contributed by atoms with E-state index in [0.29, 0.717) is 5.92 Å². The molecule has 78 valence electrons. The largest absolute Gasteiger partial charge is 0.373 e. The van der Waals surface area contributed by atoms with Crippen LogP contribution in [-0.4, -0.2) is 19.1 Å². The van der Waals surface area contributed by atoms with E-state index < -0.39 is 0 Å². The molecule has 1 aromatic heterocycles. The highest BCUT2D eigenvalue weighted by molar-refractivity contribution is 5.39. The summed E-state index contributed by atoms with van der Waals surface area (Å²) in [5.41, 5.74) is 2.41. The summed E-state index contributed by atoms with van der Waals surface area (Å²) in [7, 11) is 3.85. The lowest BCUT2D eigenvalue weighted by Gasteiger charge is -2.10. The molecule has 2 N–H and O–H groups in total. The van der Waals surface area contributed by atoms with Crippen LogP contribution in [0.5, 0.6) is 0 Å². The van der Waals surface area contributed by atoms with Crippen LogP contribution in [0.3, 0.4) is 0 Å². The van der Waals surface area contributed by atoms with Gasteiger partial charge in [0.25, 0.3) is 0 Å². The highest BCUT2D eigenvalue weighted by Gasteiger charge is 2.04. The molecular weight excluding hydrogens is 174 g/mol. The minimum Gasteiger partial charge on any atom is -0.373 e. The Labute approximate surface area is 85.9 Å². The molecule has 0 aliphatic heterocycles. The Morgan fingerprint density at radius 2 is 2.00 bits per heavy atom. The Morgan fingerprint density at radius 3 is 2.50 bits per heavy atom. The van der Waals surface area contributed by atoms with Crippen molar-refractivity contribution in [3.8, 4) is 0 Å². The lowest BCUT2D eigenvalue weighted by molar-refractivity contribution is 0.789. The summed E-state index contributed by atoms with van der Waals surface area (Å²) in [6.45, 7) is 5.20. The van der Waals surface area contributed by atoms with Crippen LogP contribution in [0.1, 0.15) is 31.0 Å². The summed E-state index contributed by atoms with van der Waals surface area (Å²) in [6.07, 6.45) is 0. The maximum absolute atomic E-state index is 4.49. The van der Waals surface area contributed by atoms with Crippen molar-refractivity contribution in [2.24, 2.45) is 0 Å². The van der Waals surface area contributed by atoms with E-state index in [1.807, 2.05) is 14.1 Å². The van der Waals surface area contributed by atoms with Crippen molar-refractivity contribution in [1.82, 2.24) is 10.3 Å². The van der Waals surface area contributed by atoms with Crippen LogP contribution in [-0.2, 0) is 6.54 Å². The number of nitrogens with one attached hydrogen (secondary N) is 2. The zero-order valence-electron chi connectivity index (χ0n) is 9.39. The zero-order valence-corrected chi connectivity index (χ0v) is 9.39. The average Bonchev–Trinajstić information content (AvgIpc) is 2.17. The third kappa shape index (κ3) is 2.70. The minimum atomic E-state index is 0.471. The first-order valence-corrected chi connectivity index (χ1v) is 5.00. The molecule has 3 nitrogen and oxygen atoms in total. The summed E-state index contributed by atoms with van der Waals surface area (Å²) in [6, 6.07) is 4.23. The molecule has 0 amide bonds. The van der Waals surface area contributed by atoms with Gasteiger partial charge in [-0.2, -0.15) is 0 Å². The van der Waals surface area contributed by atoms with Crippen molar-refractivity contribution in [3.05, 3.63) is 23.4 Å². The summed E-state index contributed by atoms with van der Waals surface area (Å²) >= 11 is 0. The Bertz CT molecular complexity index is 295. The molecule has 0 bridgehead atoms. The number of rotatable bonds is 4. The quantitative estimate of drug-likeness (QED) is 0.767.